The third-order valence-corrected chi connectivity index (χ3v) is 8.43. The van der Waals surface area contributed by atoms with Gasteiger partial charge in [0.1, 0.15) is 5.60 Å². The first kappa shape index (κ1) is 17.5. The van der Waals surface area contributed by atoms with Crippen LogP contribution in [0.4, 0.5) is 0 Å². The Morgan fingerprint density at radius 3 is 2.52 bits per heavy atom. The Morgan fingerprint density at radius 2 is 1.84 bits per heavy atom. The first-order chi connectivity index (χ1) is 11.6. The molecule has 0 spiro atoms. The van der Waals surface area contributed by atoms with E-state index in [1.165, 1.54) is 0 Å². The maximum atomic E-state index is 11.0. The van der Waals surface area contributed by atoms with Crippen LogP contribution in [0.25, 0.3) is 0 Å². The van der Waals surface area contributed by atoms with Gasteiger partial charge in [-0.3, -0.25) is 0 Å². The molecule has 0 aromatic carbocycles. The molecule has 3 saturated carbocycles. The van der Waals surface area contributed by atoms with Crippen molar-refractivity contribution in [2.75, 3.05) is 0 Å². The van der Waals surface area contributed by atoms with Crippen molar-refractivity contribution in [2.24, 2.45) is 28.6 Å². The molecule has 0 amide bonds. The second kappa shape index (κ2) is 5.33. The number of fused-ring (bicyclic) bond motifs is 5. The molecule has 0 heterocycles. The van der Waals surface area contributed by atoms with Crippen LogP contribution >= 0.6 is 0 Å². The molecule has 4 aliphatic carbocycles. The zero-order chi connectivity index (χ0) is 18.2. The highest BCUT2D eigenvalue weighted by Gasteiger charge is 2.63. The van der Waals surface area contributed by atoms with Crippen LogP contribution in [0.1, 0.15) is 52.4 Å². The zero-order valence-electron chi connectivity index (χ0n) is 15.2. The van der Waals surface area contributed by atoms with Crippen LogP contribution in [0, 0.1) is 40.9 Å². The van der Waals surface area contributed by atoms with Crippen LogP contribution in [0.3, 0.4) is 0 Å². The van der Waals surface area contributed by atoms with E-state index in [4.69, 9.17) is 6.42 Å². The van der Waals surface area contributed by atoms with E-state index in [0.717, 1.165) is 24.8 Å². The minimum Gasteiger partial charge on any atom is -0.390 e. The molecule has 4 N–H and O–H groups in total. The average Bonchev–Trinajstić information content (AvgIpc) is 2.80. The second-order valence-electron chi connectivity index (χ2n) is 9.54. The van der Waals surface area contributed by atoms with Crippen molar-refractivity contribution in [3.63, 3.8) is 0 Å². The smallest absolute Gasteiger partial charge is 0.128 e. The molecule has 0 saturated heterocycles. The lowest BCUT2D eigenvalue weighted by Gasteiger charge is -2.59. The van der Waals surface area contributed by atoms with Crippen molar-refractivity contribution in [1.82, 2.24) is 0 Å². The fourth-order valence-electron chi connectivity index (χ4n) is 6.75. The summed E-state index contributed by atoms with van der Waals surface area (Å²) in [5, 5.41) is 42.3. The number of hydrogen-bond acceptors (Lipinski definition) is 4. The summed E-state index contributed by atoms with van der Waals surface area (Å²) in [4.78, 5) is 0. The molecule has 138 valence electrons. The van der Waals surface area contributed by atoms with Crippen molar-refractivity contribution in [3.05, 3.63) is 11.6 Å². The lowest BCUT2D eigenvalue weighted by atomic mass is 9.46. The molecule has 4 nitrogen and oxygen atoms in total. The predicted molar refractivity (Wildman–Crippen MR) is 94.3 cm³/mol. The summed E-state index contributed by atoms with van der Waals surface area (Å²) in [6.45, 7) is 4.32. The van der Waals surface area contributed by atoms with Crippen molar-refractivity contribution in [1.29, 1.82) is 0 Å². The fraction of sp³-hybridized carbons (Fsp3) is 0.810. The van der Waals surface area contributed by atoms with Crippen LogP contribution < -0.4 is 0 Å². The minimum absolute atomic E-state index is 0.0522. The van der Waals surface area contributed by atoms with E-state index < -0.39 is 23.9 Å². The monoisotopic (exact) mass is 346 g/mol. The molecule has 0 unspecified atom stereocenters. The Labute approximate surface area is 150 Å². The SMILES string of the molecule is C#C[C@]1(O)CC[C@@]2(C)C(=C[C@H](O)[C@H]3[C@@H]4C[C@@H](O)[C@H](O)[C@@]4(C)CC[C@@H]32)C1. The molecule has 25 heavy (non-hydrogen) atoms. The number of terminal acetylenes is 1. The van der Waals surface area contributed by atoms with E-state index >= 15 is 0 Å². The Bertz CT molecular complexity index is 651. The van der Waals surface area contributed by atoms with Gasteiger partial charge in [0.2, 0.25) is 0 Å². The molecular weight excluding hydrogens is 316 g/mol. The number of hydrogen-bond donors (Lipinski definition) is 4. The number of aliphatic hydroxyl groups excluding tert-OH is 3. The zero-order valence-corrected chi connectivity index (χ0v) is 15.2. The van der Waals surface area contributed by atoms with Gasteiger partial charge in [-0.05, 0) is 60.7 Å². The molecule has 0 bridgehead atoms. The normalized spacial score (nSPS) is 57.7. The quantitative estimate of drug-likeness (QED) is 0.397. The lowest BCUT2D eigenvalue weighted by Crippen LogP contribution is -2.56. The highest BCUT2D eigenvalue weighted by atomic mass is 16.3. The summed E-state index contributed by atoms with van der Waals surface area (Å²) < 4.78 is 0. The molecule has 9 atom stereocenters. The van der Waals surface area contributed by atoms with Crippen LogP contribution in [-0.2, 0) is 0 Å². The Balaban J connectivity index is 1.73. The second-order valence-corrected chi connectivity index (χ2v) is 9.54. The largest absolute Gasteiger partial charge is 0.390 e. The topological polar surface area (TPSA) is 80.9 Å². The van der Waals surface area contributed by atoms with Crippen molar-refractivity contribution in [3.8, 4) is 12.3 Å². The minimum atomic E-state index is -1.10. The molecule has 0 aromatic rings. The molecule has 4 aliphatic rings. The molecule has 3 fully saturated rings. The van der Waals surface area contributed by atoms with Gasteiger partial charge in [-0.1, -0.05) is 31.4 Å². The van der Waals surface area contributed by atoms with Crippen LogP contribution in [0.2, 0.25) is 0 Å². The van der Waals surface area contributed by atoms with Crippen molar-refractivity contribution >= 4 is 0 Å². The summed E-state index contributed by atoms with van der Waals surface area (Å²) in [5.41, 5.74) is -0.388. The molecule has 0 radical (unpaired) electrons. The van der Waals surface area contributed by atoms with E-state index in [1.54, 1.807) is 0 Å². The standard InChI is InChI=1S/C21H30O4/c1-4-21(25)8-7-19(2)12(11-21)9-15(22)17-13(19)5-6-20(3)14(17)10-16(23)18(20)24/h1,9,13-18,22-25H,5-8,10-11H2,2-3H3/t13-,14-,15-,16+,17+,18-,19-,20-,21-/m0/s1. The van der Waals surface area contributed by atoms with Gasteiger partial charge in [-0.2, -0.15) is 0 Å². The molecule has 0 aromatic heterocycles. The molecular formula is C21H30O4. The Kier molecular flexibility index (Phi) is 3.74. The Hall–Kier alpha value is -0.860. The van der Waals surface area contributed by atoms with Crippen molar-refractivity contribution in [2.45, 2.75) is 76.3 Å². The van der Waals surface area contributed by atoms with Crippen LogP contribution in [0.5, 0.6) is 0 Å². The summed E-state index contributed by atoms with van der Waals surface area (Å²) in [6.07, 6.45) is 9.66. The van der Waals surface area contributed by atoms with Gasteiger partial charge in [0.15, 0.2) is 0 Å². The fourth-order valence-corrected chi connectivity index (χ4v) is 6.75. The van der Waals surface area contributed by atoms with E-state index in [-0.39, 0.29) is 22.7 Å². The van der Waals surface area contributed by atoms with Crippen LogP contribution in [-0.4, -0.2) is 44.3 Å². The first-order valence-electron chi connectivity index (χ1n) is 9.60. The third kappa shape index (κ3) is 2.23. The lowest BCUT2D eigenvalue weighted by molar-refractivity contribution is -0.113. The maximum Gasteiger partial charge on any atom is 0.128 e. The summed E-state index contributed by atoms with van der Waals surface area (Å²) in [5.74, 6) is 3.02. The van der Waals surface area contributed by atoms with Gasteiger partial charge in [0.25, 0.3) is 0 Å². The number of aliphatic hydroxyl groups is 4. The van der Waals surface area contributed by atoms with Crippen LogP contribution in [0.15, 0.2) is 11.6 Å². The van der Waals surface area contributed by atoms with Gasteiger partial charge >= 0.3 is 0 Å². The van der Waals surface area contributed by atoms with E-state index in [2.05, 4.69) is 19.8 Å². The molecule has 4 heteroatoms. The molecule has 0 aliphatic heterocycles. The number of rotatable bonds is 0. The van der Waals surface area contributed by atoms with Gasteiger partial charge in [-0.15, -0.1) is 6.42 Å². The van der Waals surface area contributed by atoms with Gasteiger partial charge < -0.3 is 20.4 Å². The highest BCUT2D eigenvalue weighted by Crippen LogP contribution is 2.65. The first-order valence-corrected chi connectivity index (χ1v) is 9.60. The summed E-state index contributed by atoms with van der Waals surface area (Å²) in [7, 11) is 0. The summed E-state index contributed by atoms with van der Waals surface area (Å²) >= 11 is 0. The van der Waals surface area contributed by atoms with Gasteiger partial charge in [0.05, 0.1) is 18.3 Å². The maximum absolute atomic E-state index is 11.0. The van der Waals surface area contributed by atoms with E-state index in [9.17, 15) is 20.4 Å². The summed E-state index contributed by atoms with van der Waals surface area (Å²) in [6, 6.07) is 0. The highest BCUT2D eigenvalue weighted by molar-refractivity contribution is 5.32. The average molecular weight is 346 g/mol. The van der Waals surface area contributed by atoms with E-state index in [0.29, 0.717) is 25.2 Å². The third-order valence-electron chi connectivity index (χ3n) is 8.43. The van der Waals surface area contributed by atoms with Crippen molar-refractivity contribution < 1.29 is 20.4 Å². The van der Waals surface area contributed by atoms with Gasteiger partial charge in [0, 0.05) is 6.42 Å². The van der Waals surface area contributed by atoms with Gasteiger partial charge in [-0.25, -0.2) is 0 Å². The van der Waals surface area contributed by atoms with E-state index in [1.807, 2.05) is 6.08 Å². The molecule has 4 rings (SSSR count). The Morgan fingerprint density at radius 1 is 1.12 bits per heavy atom. The predicted octanol–water partition coefficient (Wildman–Crippen LogP) is 1.62.